The first kappa shape index (κ1) is 11.9. The van der Waals surface area contributed by atoms with Gasteiger partial charge in [0.05, 0.1) is 11.8 Å². The molecule has 0 radical (unpaired) electrons. The Morgan fingerprint density at radius 2 is 2.12 bits per heavy atom. The van der Waals surface area contributed by atoms with Gasteiger partial charge >= 0.3 is 5.97 Å². The number of halogens is 1. The molecular weight excluding hydrogens is 240 g/mol. The lowest BCUT2D eigenvalue weighted by atomic mass is 9.91. The van der Waals surface area contributed by atoms with Crippen molar-refractivity contribution in [2.24, 2.45) is 11.0 Å². The average Bonchev–Trinajstić information content (AvgIpc) is 2.54. The minimum atomic E-state index is -0.875. The number of benzene rings is 1. The van der Waals surface area contributed by atoms with Gasteiger partial charge in [-0.2, -0.15) is 5.10 Å². The zero-order chi connectivity index (χ0) is 12.6. The second-order valence-corrected chi connectivity index (χ2v) is 4.50. The van der Waals surface area contributed by atoms with Crippen LogP contribution in [0.5, 0.6) is 0 Å². The summed E-state index contributed by atoms with van der Waals surface area (Å²) in [5.74, 6) is -1.51. The molecule has 2 atom stereocenters. The molecular formula is C12H13ClN2O2. The highest BCUT2D eigenvalue weighted by Gasteiger charge is 2.40. The molecule has 0 saturated carbocycles. The first-order valence-electron chi connectivity index (χ1n) is 5.27. The Labute approximate surface area is 104 Å². The van der Waals surface area contributed by atoms with E-state index >= 15 is 0 Å². The average molecular weight is 253 g/mol. The van der Waals surface area contributed by atoms with E-state index in [-0.39, 0.29) is 6.04 Å². The molecule has 0 bridgehead atoms. The Morgan fingerprint density at radius 1 is 1.47 bits per heavy atom. The van der Waals surface area contributed by atoms with E-state index in [4.69, 9.17) is 11.6 Å². The fourth-order valence-corrected chi connectivity index (χ4v) is 2.47. The van der Waals surface area contributed by atoms with Gasteiger partial charge in [0.25, 0.3) is 0 Å². The summed E-state index contributed by atoms with van der Waals surface area (Å²) < 4.78 is 0. The van der Waals surface area contributed by atoms with Crippen LogP contribution in [0.1, 0.15) is 18.5 Å². The lowest BCUT2D eigenvalue weighted by Crippen LogP contribution is -2.29. The molecule has 2 rings (SSSR count). The Balaban J connectivity index is 2.45. The Hall–Kier alpha value is -1.55. The van der Waals surface area contributed by atoms with Gasteiger partial charge in [0, 0.05) is 12.1 Å². The van der Waals surface area contributed by atoms with E-state index in [9.17, 15) is 9.90 Å². The molecule has 0 amide bonds. The molecule has 1 aromatic carbocycles. The van der Waals surface area contributed by atoms with Crippen LogP contribution in [0.2, 0.25) is 5.02 Å². The molecule has 2 unspecified atom stereocenters. The molecule has 1 aliphatic rings. The first-order valence-corrected chi connectivity index (χ1v) is 5.65. The molecule has 90 valence electrons. The second kappa shape index (κ2) is 4.37. The number of nitrogens with zero attached hydrogens (tertiary/aromatic N) is 2. The number of carbonyl (C=O) groups is 1. The number of carboxylic acid groups (broad SMARTS) is 1. The maximum atomic E-state index is 11.3. The van der Waals surface area contributed by atoms with Crippen molar-refractivity contribution in [1.82, 2.24) is 5.01 Å². The monoisotopic (exact) mass is 252 g/mol. The fraction of sp³-hybridized carbons (Fsp3) is 0.333. The summed E-state index contributed by atoms with van der Waals surface area (Å²) in [5.41, 5.74) is 1.40. The van der Waals surface area contributed by atoms with E-state index < -0.39 is 11.9 Å². The Morgan fingerprint density at radius 3 is 2.71 bits per heavy atom. The largest absolute Gasteiger partial charge is 0.481 e. The van der Waals surface area contributed by atoms with Gasteiger partial charge in [0.15, 0.2) is 0 Å². The second-order valence-electron chi connectivity index (χ2n) is 4.10. The van der Waals surface area contributed by atoms with Crippen LogP contribution in [0, 0.1) is 5.92 Å². The first-order chi connectivity index (χ1) is 8.02. The SMILES string of the molecule is CC1=NN(C)C(c2ccccc2Cl)C1C(=O)O. The number of carboxylic acids is 1. The van der Waals surface area contributed by atoms with Gasteiger partial charge in [0.1, 0.15) is 5.92 Å². The highest BCUT2D eigenvalue weighted by Crippen LogP contribution is 2.37. The molecule has 17 heavy (non-hydrogen) atoms. The third kappa shape index (κ3) is 2.00. The normalized spacial score (nSPS) is 23.7. The molecule has 0 spiro atoms. The summed E-state index contributed by atoms with van der Waals surface area (Å²) in [6.45, 7) is 1.73. The lowest BCUT2D eigenvalue weighted by molar-refractivity contribution is -0.140. The molecule has 4 nitrogen and oxygen atoms in total. The lowest BCUT2D eigenvalue weighted by Gasteiger charge is -2.23. The fourth-order valence-electron chi connectivity index (χ4n) is 2.23. The van der Waals surface area contributed by atoms with E-state index in [1.165, 1.54) is 0 Å². The van der Waals surface area contributed by atoms with Crippen LogP contribution in [0.15, 0.2) is 29.4 Å². The van der Waals surface area contributed by atoms with Crippen LogP contribution in [0.3, 0.4) is 0 Å². The van der Waals surface area contributed by atoms with Crippen molar-refractivity contribution in [3.63, 3.8) is 0 Å². The van der Waals surface area contributed by atoms with E-state index in [1.807, 2.05) is 18.2 Å². The summed E-state index contributed by atoms with van der Waals surface area (Å²) in [6.07, 6.45) is 0. The number of aliphatic carboxylic acids is 1. The predicted molar refractivity (Wildman–Crippen MR) is 66.2 cm³/mol. The molecule has 1 N–H and O–H groups in total. The quantitative estimate of drug-likeness (QED) is 0.879. The van der Waals surface area contributed by atoms with E-state index in [1.54, 1.807) is 25.0 Å². The number of rotatable bonds is 2. The molecule has 0 aromatic heterocycles. The molecule has 0 saturated heterocycles. The summed E-state index contributed by atoms with van der Waals surface area (Å²) in [6, 6.07) is 6.94. The molecule has 1 heterocycles. The van der Waals surface area contributed by atoms with Crippen LogP contribution in [-0.4, -0.2) is 28.8 Å². The van der Waals surface area contributed by atoms with Gasteiger partial charge < -0.3 is 5.11 Å². The van der Waals surface area contributed by atoms with Gasteiger partial charge in [-0.1, -0.05) is 29.8 Å². The topological polar surface area (TPSA) is 52.9 Å². The van der Waals surface area contributed by atoms with Crippen molar-refractivity contribution in [1.29, 1.82) is 0 Å². The molecule has 0 fully saturated rings. The zero-order valence-corrected chi connectivity index (χ0v) is 10.3. The summed E-state index contributed by atoms with van der Waals surface area (Å²) >= 11 is 6.12. The Kier molecular flexibility index (Phi) is 3.07. The van der Waals surface area contributed by atoms with E-state index in [0.29, 0.717) is 10.7 Å². The van der Waals surface area contributed by atoms with Crippen LogP contribution in [0.25, 0.3) is 0 Å². The zero-order valence-electron chi connectivity index (χ0n) is 9.59. The summed E-state index contributed by atoms with van der Waals surface area (Å²) in [5, 5.41) is 15.7. The van der Waals surface area contributed by atoms with Crippen molar-refractivity contribution in [3.05, 3.63) is 34.9 Å². The molecule has 1 aliphatic heterocycles. The van der Waals surface area contributed by atoms with Crippen molar-refractivity contribution in [2.75, 3.05) is 7.05 Å². The Bertz CT molecular complexity index is 487. The van der Waals surface area contributed by atoms with Gasteiger partial charge in [-0.15, -0.1) is 0 Å². The van der Waals surface area contributed by atoms with E-state index in [2.05, 4.69) is 5.10 Å². The van der Waals surface area contributed by atoms with Crippen LogP contribution in [-0.2, 0) is 4.79 Å². The van der Waals surface area contributed by atoms with Gasteiger partial charge in [-0.25, -0.2) is 0 Å². The van der Waals surface area contributed by atoms with Crippen molar-refractivity contribution in [3.8, 4) is 0 Å². The van der Waals surface area contributed by atoms with E-state index in [0.717, 1.165) is 5.56 Å². The molecule has 5 heteroatoms. The van der Waals surface area contributed by atoms with Crippen LogP contribution >= 0.6 is 11.6 Å². The standard InChI is InChI=1S/C12H13ClN2O2/c1-7-10(12(16)17)11(15(2)14-7)8-5-3-4-6-9(8)13/h3-6,10-11H,1-2H3,(H,16,17). The van der Waals surface area contributed by atoms with Gasteiger partial charge in [0.2, 0.25) is 0 Å². The minimum Gasteiger partial charge on any atom is -0.481 e. The van der Waals surface area contributed by atoms with Crippen LogP contribution < -0.4 is 0 Å². The van der Waals surface area contributed by atoms with Crippen molar-refractivity contribution in [2.45, 2.75) is 13.0 Å². The predicted octanol–water partition coefficient (Wildman–Crippen LogP) is 2.40. The summed E-state index contributed by atoms with van der Waals surface area (Å²) in [7, 11) is 1.76. The van der Waals surface area contributed by atoms with Crippen molar-refractivity contribution < 1.29 is 9.90 Å². The highest BCUT2D eigenvalue weighted by molar-refractivity contribution is 6.31. The van der Waals surface area contributed by atoms with Crippen LogP contribution in [0.4, 0.5) is 0 Å². The van der Waals surface area contributed by atoms with Gasteiger partial charge in [-0.05, 0) is 18.6 Å². The van der Waals surface area contributed by atoms with Crippen molar-refractivity contribution >= 4 is 23.3 Å². The maximum absolute atomic E-state index is 11.3. The third-order valence-corrected chi connectivity index (χ3v) is 3.32. The number of hydrogen-bond acceptors (Lipinski definition) is 3. The van der Waals surface area contributed by atoms with Gasteiger partial charge in [-0.3, -0.25) is 9.80 Å². The minimum absolute atomic E-state index is 0.332. The highest BCUT2D eigenvalue weighted by atomic mass is 35.5. The number of hydrazone groups is 1. The summed E-state index contributed by atoms with van der Waals surface area (Å²) in [4.78, 5) is 11.3. The third-order valence-electron chi connectivity index (χ3n) is 2.97. The molecule has 1 aromatic rings. The molecule has 0 aliphatic carbocycles. The smallest absolute Gasteiger partial charge is 0.314 e. The number of hydrogen-bond donors (Lipinski definition) is 1. The maximum Gasteiger partial charge on any atom is 0.314 e.